The SMILES string of the molecule is O=C(Nc1nnc(-c2ccc(Br)cc2)o1)c1ccccc1NS(=O)(=O)c1ccc(F)cc1. The molecule has 2 N–H and O–H groups in total. The number of rotatable bonds is 6. The topological polar surface area (TPSA) is 114 Å². The Balaban J connectivity index is 1.54. The van der Waals surface area contributed by atoms with E-state index in [0.717, 1.165) is 28.7 Å². The molecule has 0 radical (unpaired) electrons. The Kier molecular flexibility index (Phi) is 6.01. The second kappa shape index (κ2) is 8.89. The number of aromatic nitrogens is 2. The molecule has 11 heteroatoms. The van der Waals surface area contributed by atoms with Gasteiger partial charge in [0.1, 0.15) is 5.82 Å². The third-order valence-electron chi connectivity index (χ3n) is 4.28. The minimum atomic E-state index is -4.05. The van der Waals surface area contributed by atoms with E-state index >= 15 is 0 Å². The summed E-state index contributed by atoms with van der Waals surface area (Å²) in [5.74, 6) is -1.02. The molecule has 3 aromatic carbocycles. The average molecular weight is 517 g/mol. The van der Waals surface area contributed by atoms with Gasteiger partial charge in [-0.15, -0.1) is 5.10 Å². The molecule has 1 aromatic heterocycles. The zero-order chi connectivity index (χ0) is 22.7. The third kappa shape index (κ3) is 4.84. The van der Waals surface area contributed by atoms with Gasteiger partial charge in [0.15, 0.2) is 0 Å². The summed E-state index contributed by atoms with van der Waals surface area (Å²) in [5.41, 5.74) is 0.720. The number of nitrogens with zero attached hydrogens (tertiary/aromatic N) is 2. The Hall–Kier alpha value is -3.57. The standard InChI is InChI=1S/C21H14BrFN4O4S/c22-14-7-5-13(6-8-14)20-25-26-21(31-20)24-19(28)17-3-1-2-4-18(17)27-32(29,30)16-11-9-15(23)10-12-16/h1-12,27H,(H,24,26,28). The number of anilines is 2. The predicted octanol–water partition coefficient (Wildman–Crippen LogP) is 4.69. The Bertz CT molecular complexity index is 1370. The van der Waals surface area contributed by atoms with Crippen LogP contribution in [0, 0.1) is 5.82 Å². The zero-order valence-corrected chi connectivity index (χ0v) is 18.5. The lowest BCUT2D eigenvalue weighted by atomic mass is 10.2. The maximum Gasteiger partial charge on any atom is 0.322 e. The number of carbonyl (C=O) groups excluding carboxylic acids is 1. The molecule has 0 aliphatic heterocycles. The summed E-state index contributed by atoms with van der Waals surface area (Å²) in [6, 6.07) is 17.3. The van der Waals surface area contributed by atoms with Crippen molar-refractivity contribution in [3.63, 3.8) is 0 Å². The van der Waals surface area contributed by atoms with Crippen molar-refractivity contribution in [1.29, 1.82) is 0 Å². The molecule has 0 aliphatic rings. The van der Waals surface area contributed by atoms with E-state index in [1.165, 1.54) is 12.1 Å². The van der Waals surface area contributed by atoms with Gasteiger partial charge >= 0.3 is 6.01 Å². The van der Waals surface area contributed by atoms with Crippen LogP contribution in [0.5, 0.6) is 0 Å². The van der Waals surface area contributed by atoms with E-state index in [2.05, 4.69) is 36.2 Å². The zero-order valence-electron chi connectivity index (χ0n) is 16.1. The highest BCUT2D eigenvalue weighted by Gasteiger charge is 2.20. The van der Waals surface area contributed by atoms with E-state index in [0.29, 0.717) is 5.56 Å². The molecule has 0 saturated carbocycles. The van der Waals surface area contributed by atoms with Crippen molar-refractivity contribution in [3.8, 4) is 11.5 Å². The lowest BCUT2D eigenvalue weighted by molar-refractivity contribution is 0.102. The maximum atomic E-state index is 13.1. The number of amides is 1. The first kappa shape index (κ1) is 21.7. The average Bonchev–Trinajstić information content (AvgIpc) is 3.23. The molecule has 1 amide bonds. The summed E-state index contributed by atoms with van der Waals surface area (Å²) in [6.07, 6.45) is 0. The van der Waals surface area contributed by atoms with Gasteiger partial charge in [-0.3, -0.25) is 14.8 Å². The Morgan fingerprint density at radius 3 is 2.34 bits per heavy atom. The van der Waals surface area contributed by atoms with E-state index in [4.69, 9.17) is 4.42 Å². The maximum absolute atomic E-state index is 13.1. The van der Waals surface area contributed by atoms with Gasteiger partial charge in [0.05, 0.1) is 16.1 Å². The van der Waals surface area contributed by atoms with E-state index < -0.39 is 21.7 Å². The van der Waals surface area contributed by atoms with Crippen LogP contribution >= 0.6 is 15.9 Å². The van der Waals surface area contributed by atoms with Gasteiger partial charge < -0.3 is 4.42 Å². The molecule has 0 unspecified atom stereocenters. The summed E-state index contributed by atoms with van der Waals surface area (Å²) in [7, 11) is -4.05. The van der Waals surface area contributed by atoms with Crippen LogP contribution in [-0.2, 0) is 10.0 Å². The second-order valence-corrected chi connectivity index (χ2v) is 9.08. The van der Waals surface area contributed by atoms with Crippen LogP contribution in [0.1, 0.15) is 10.4 Å². The lowest BCUT2D eigenvalue weighted by Gasteiger charge is -2.12. The van der Waals surface area contributed by atoms with E-state index in [1.807, 2.05) is 0 Å². The Labute approximate surface area is 190 Å². The summed E-state index contributed by atoms with van der Waals surface area (Å²) in [4.78, 5) is 12.6. The van der Waals surface area contributed by atoms with Gasteiger partial charge in [0.25, 0.3) is 15.9 Å². The molecule has 0 saturated heterocycles. The molecule has 4 rings (SSSR count). The van der Waals surface area contributed by atoms with Gasteiger partial charge in [-0.05, 0) is 60.7 Å². The normalized spacial score (nSPS) is 11.2. The fourth-order valence-electron chi connectivity index (χ4n) is 2.73. The van der Waals surface area contributed by atoms with Crippen LogP contribution in [-0.4, -0.2) is 24.5 Å². The first-order valence-electron chi connectivity index (χ1n) is 9.10. The van der Waals surface area contributed by atoms with Crippen molar-refractivity contribution in [1.82, 2.24) is 10.2 Å². The van der Waals surface area contributed by atoms with Crippen LogP contribution in [0.2, 0.25) is 0 Å². The highest BCUT2D eigenvalue weighted by Crippen LogP contribution is 2.24. The number of nitrogens with one attached hydrogen (secondary N) is 2. The van der Waals surface area contributed by atoms with Gasteiger partial charge in [0.2, 0.25) is 5.89 Å². The second-order valence-electron chi connectivity index (χ2n) is 6.48. The molecule has 32 heavy (non-hydrogen) atoms. The number of halogens is 2. The van der Waals surface area contributed by atoms with Crippen LogP contribution in [0.3, 0.4) is 0 Å². The molecule has 8 nitrogen and oxygen atoms in total. The van der Waals surface area contributed by atoms with Crippen LogP contribution < -0.4 is 10.0 Å². The van der Waals surface area contributed by atoms with Crippen molar-refractivity contribution >= 4 is 43.6 Å². The number of para-hydroxylation sites is 1. The predicted molar refractivity (Wildman–Crippen MR) is 119 cm³/mol. The molecule has 162 valence electrons. The summed E-state index contributed by atoms with van der Waals surface area (Å²) in [5, 5.41) is 10.2. The Morgan fingerprint density at radius 1 is 0.938 bits per heavy atom. The smallest absolute Gasteiger partial charge is 0.322 e. The van der Waals surface area contributed by atoms with Gasteiger partial charge in [-0.1, -0.05) is 33.2 Å². The van der Waals surface area contributed by atoms with E-state index in [9.17, 15) is 17.6 Å². The monoisotopic (exact) mass is 516 g/mol. The number of hydrogen-bond acceptors (Lipinski definition) is 6. The Morgan fingerprint density at radius 2 is 1.62 bits per heavy atom. The van der Waals surface area contributed by atoms with Crippen molar-refractivity contribution in [3.05, 3.63) is 88.6 Å². The first-order chi connectivity index (χ1) is 15.3. The number of carbonyl (C=O) groups is 1. The van der Waals surface area contributed by atoms with E-state index in [1.54, 1.807) is 36.4 Å². The molecular formula is C21H14BrFN4O4S. The molecule has 0 bridgehead atoms. The summed E-state index contributed by atoms with van der Waals surface area (Å²) < 4.78 is 47.1. The van der Waals surface area contributed by atoms with Crippen molar-refractivity contribution in [2.45, 2.75) is 4.90 Å². The van der Waals surface area contributed by atoms with Crippen molar-refractivity contribution in [2.75, 3.05) is 10.0 Å². The molecule has 4 aromatic rings. The number of sulfonamides is 1. The van der Waals surface area contributed by atoms with E-state index in [-0.39, 0.29) is 28.1 Å². The highest BCUT2D eigenvalue weighted by atomic mass is 79.9. The molecule has 1 heterocycles. The quantitative estimate of drug-likeness (QED) is 0.384. The minimum absolute atomic E-state index is 0.0292. The molecule has 0 atom stereocenters. The lowest BCUT2D eigenvalue weighted by Crippen LogP contribution is -2.18. The van der Waals surface area contributed by atoms with Crippen molar-refractivity contribution < 1.29 is 22.0 Å². The summed E-state index contributed by atoms with van der Waals surface area (Å²) in [6.45, 7) is 0. The highest BCUT2D eigenvalue weighted by molar-refractivity contribution is 9.10. The van der Waals surface area contributed by atoms with Crippen LogP contribution in [0.25, 0.3) is 11.5 Å². The third-order valence-corrected chi connectivity index (χ3v) is 6.19. The fourth-order valence-corrected chi connectivity index (χ4v) is 4.08. The van der Waals surface area contributed by atoms with Gasteiger partial charge in [0, 0.05) is 10.0 Å². The fraction of sp³-hybridized carbons (Fsp3) is 0. The number of benzene rings is 3. The first-order valence-corrected chi connectivity index (χ1v) is 11.4. The molecule has 0 fully saturated rings. The molecule has 0 spiro atoms. The summed E-state index contributed by atoms with van der Waals surface area (Å²) >= 11 is 3.34. The minimum Gasteiger partial charge on any atom is -0.403 e. The van der Waals surface area contributed by atoms with Crippen LogP contribution in [0.4, 0.5) is 16.1 Å². The molecule has 0 aliphatic carbocycles. The number of hydrogen-bond donors (Lipinski definition) is 2. The van der Waals surface area contributed by atoms with Crippen LogP contribution in [0.15, 0.2) is 86.6 Å². The van der Waals surface area contributed by atoms with Gasteiger partial charge in [-0.25, -0.2) is 12.8 Å². The van der Waals surface area contributed by atoms with Crippen molar-refractivity contribution in [2.24, 2.45) is 0 Å². The van der Waals surface area contributed by atoms with Gasteiger partial charge in [-0.2, -0.15) is 0 Å². The largest absolute Gasteiger partial charge is 0.403 e. The molecular weight excluding hydrogens is 503 g/mol.